The third kappa shape index (κ3) is 4.67. The minimum atomic E-state index is -0.894. The highest BCUT2D eigenvalue weighted by atomic mass is 19.1. The largest absolute Gasteiger partial charge is 0.486 e. The van der Waals surface area contributed by atoms with Gasteiger partial charge in [-0.3, -0.25) is 9.59 Å². The number of amides is 1. The van der Waals surface area contributed by atoms with Crippen LogP contribution in [0.4, 0.5) is 4.39 Å². The number of carbonyl (C=O) groups excluding carboxylic acids is 1. The zero-order valence-electron chi connectivity index (χ0n) is 14.9. The van der Waals surface area contributed by atoms with Gasteiger partial charge >= 0.3 is 5.97 Å². The summed E-state index contributed by atoms with van der Waals surface area (Å²) in [6, 6.07) is 8.72. The van der Waals surface area contributed by atoms with Crippen LogP contribution in [0, 0.1) is 11.2 Å². The van der Waals surface area contributed by atoms with Crippen molar-refractivity contribution in [2.45, 2.75) is 38.7 Å². The van der Waals surface area contributed by atoms with Crippen LogP contribution in [-0.2, 0) is 11.4 Å². The van der Waals surface area contributed by atoms with Crippen molar-refractivity contribution in [1.29, 1.82) is 0 Å². The second kappa shape index (κ2) is 8.24. The smallest absolute Gasteiger partial charge is 0.311 e. The van der Waals surface area contributed by atoms with E-state index in [1.54, 1.807) is 6.07 Å². The van der Waals surface area contributed by atoms with Gasteiger partial charge in [0.15, 0.2) is 5.76 Å². The van der Waals surface area contributed by atoms with Crippen LogP contribution in [0.2, 0.25) is 0 Å². The fourth-order valence-corrected chi connectivity index (χ4v) is 3.29. The van der Waals surface area contributed by atoms with E-state index >= 15 is 0 Å². The molecular formula is C20H22FNO5. The average Bonchev–Trinajstić information content (AvgIpc) is 3.15. The van der Waals surface area contributed by atoms with Gasteiger partial charge in [0.25, 0.3) is 5.91 Å². The Kier molecular flexibility index (Phi) is 5.78. The van der Waals surface area contributed by atoms with Crippen molar-refractivity contribution in [3.63, 3.8) is 0 Å². The molecule has 2 aromatic rings. The lowest BCUT2D eigenvalue weighted by Crippen LogP contribution is -2.44. The van der Waals surface area contributed by atoms with Gasteiger partial charge < -0.3 is 19.6 Å². The maximum absolute atomic E-state index is 12.9. The van der Waals surface area contributed by atoms with Crippen LogP contribution in [0.5, 0.6) is 5.75 Å². The van der Waals surface area contributed by atoms with E-state index in [0.717, 1.165) is 19.3 Å². The first-order valence-corrected chi connectivity index (χ1v) is 8.97. The summed E-state index contributed by atoms with van der Waals surface area (Å²) in [5, 5.41) is 12.2. The molecule has 0 saturated heterocycles. The lowest BCUT2D eigenvalue weighted by atomic mass is 9.74. The summed E-state index contributed by atoms with van der Waals surface area (Å²) in [4.78, 5) is 24.0. The molecule has 1 heterocycles. The van der Waals surface area contributed by atoms with Gasteiger partial charge in [-0.2, -0.15) is 0 Å². The van der Waals surface area contributed by atoms with Crippen LogP contribution in [0.1, 0.15) is 48.4 Å². The van der Waals surface area contributed by atoms with Crippen LogP contribution < -0.4 is 10.1 Å². The van der Waals surface area contributed by atoms with E-state index in [1.165, 1.54) is 30.3 Å². The van der Waals surface area contributed by atoms with Gasteiger partial charge in [0, 0.05) is 6.54 Å². The van der Waals surface area contributed by atoms with E-state index in [4.69, 9.17) is 9.15 Å². The van der Waals surface area contributed by atoms with Crippen molar-refractivity contribution in [1.82, 2.24) is 5.32 Å². The summed E-state index contributed by atoms with van der Waals surface area (Å²) in [5.41, 5.74) is -0.894. The third-order valence-electron chi connectivity index (χ3n) is 4.93. The van der Waals surface area contributed by atoms with Crippen molar-refractivity contribution in [2.24, 2.45) is 5.41 Å². The standard InChI is InChI=1S/C20H22FNO5/c21-14-4-6-15(7-5-14)26-12-16-8-9-17(27-16)18(23)22-13-20(19(24)25)10-2-1-3-11-20/h4-9H,1-3,10-13H2,(H,22,23)(H,24,25). The molecule has 7 heteroatoms. The molecule has 1 aromatic heterocycles. The highest BCUT2D eigenvalue weighted by molar-refractivity contribution is 5.92. The van der Waals surface area contributed by atoms with E-state index in [2.05, 4.69) is 5.32 Å². The minimum absolute atomic E-state index is 0.0866. The van der Waals surface area contributed by atoms with Crippen LogP contribution >= 0.6 is 0 Å². The van der Waals surface area contributed by atoms with Gasteiger partial charge in [-0.25, -0.2) is 4.39 Å². The summed E-state index contributed by atoms with van der Waals surface area (Å²) in [6.07, 6.45) is 3.87. The zero-order valence-corrected chi connectivity index (χ0v) is 14.9. The van der Waals surface area contributed by atoms with Crippen molar-refractivity contribution < 1.29 is 28.2 Å². The lowest BCUT2D eigenvalue weighted by Gasteiger charge is -2.33. The molecule has 0 radical (unpaired) electrons. The molecule has 0 unspecified atom stereocenters. The van der Waals surface area contributed by atoms with Crippen LogP contribution in [0.25, 0.3) is 0 Å². The first-order valence-electron chi connectivity index (χ1n) is 8.97. The number of nitrogens with one attached hydrogen (secondary N) is 1. The van der Waals surface area contributed by atoms with Crippen LogP contribution in [0.15, 0.2) is 40.8 Å². The molecule has 3 rings (SSSR count). The Morgan fingerprint density at radius 3 is 2.48 bits per heavy atom. The summed E-state index contributed by atoms with van der Waals surface area (Å²) < 4.78 is 23.8. The number of carboxylic acids is 1. The molecule has 0 bridgehead atoms. The second-order valence-corrected chi connectivity index (χ2v) is 6.84. The Morgan fingerprint density at radius 2 is 1.81 bits per heavy atom. The number of hydrogen-bond acceptors (Lipinski definition) is 4. The summed E-state index contributed by atoms with van der Waals surface area (Å²) >= 11 is 0. The molecule has 2 N–H and O–H groups in total. The van der Waals surface area contributed by atoms with Gasteiger partial charge in [0.05, 0.1) is 5.41 Å². The number of hydrogen-bond donors (Lipinski definition) is 2. The maximum atomic E-state index is 12.9. The Hall–Kier alpha value is -2.83. The number of carboxylic acid groups (broad SMARTS) is 1. The fourth-order valence-electron chi connectivity index (χ4n) is 3.29. The summed E-state index contributed by atoms with van der Waals surface area (Å²) in [7, 11) is 0. The SMILES string of the molecule is O=C(NCC1(C(=O)O)CCCCC1)c1ccc(COc2ccc(F)cc2)o1. The van der Waals surface area contributed by atoms with Gasteiger partial charge in [-0.1, -0.05) is 19.3 Å². The molecule has 0 aliphatic heterocycles. The van der Waals surface area contributed by atoms with Crippen LogP contribution in [0.3, 0.4) is 0 Å². The molecule has 6 nitrogen and oxygen atoms in total. The van der Waals surface area contributed by atoms with Gasteiger partial charge in [-0.05, 0) is 49.2 Å². The molecule has 1 aliphatic rings. The van der Waals surface area contributed by atoms with E-state index in [0.29, 0.717) is 24.4 Å². The summed E-state index contributed by atoms with van der Waals surface area (Å²) in [6.45, 7) is 0.182. The first-order chi connectivity index (χ1) is 13.0. The lowest BCUT2D eigenvalue weighted by molar-refractivity contribution is -0.150. The molecule has 0 atom stereocenters. The van der Waals surface area contributed by atoms with Gasteiger partial charge in [-0.15, -0.1) is 0 Å². The van der Waals surface area contributed by atoms with Gasteiger partial charge in [0.1, 0.15) is 23.9 Å². The van der Waals surface area contributed by atoms with Crippen molar-refractivity contribution in [2.75, 3.05) is 6.54 Å². The molecule has 1 aliphatic carbocycles. The topological polar surface area (TPSA) is 88.8 Å². The number of rotatable bonds is 7. The number of furan rings is 1. The van der Waals surface area contributed by atoms with Crippen molar-refractivity contribution >= 4 is 11.9 Å². The number of carbonyl (C=O) groups is 2. The second-order valence-electron chi connectivity index (χ2n) is 6.84. The Morgan fingerprint density at radius 1 is 1.11 bits per heavy atom. The van der Waals surface area contributed by atoms with Crippen molar-refractivity contribution in [3.05, 3.63) is 53.7 Å². The molecule has 0 spiro atoms. The molecule has 1 saturated carbocycles. The highest BCUT2D eigenvalue weighted by Gasteiger charge is 2.40. The van der Waals surface area contributed by atoms with Crippen molar-refractivity contribution in [3.8, 4) is 5.75 Å². The normalized spacial score (nSPS) is 15.9. The first kappa shape index (κ1) is 18.9. The monoisotopic (exact) mass is 375 g/mol. The Bertz CT molecular complexity index is 793. The molecule has 1 amide bonds. The molecule has 144 valence electrons. The number of halogens is 1. The maximum Gasteiger partial charge on any atom is 0.311 e. The number of ether oxygens (including phenoxy) is 1. The minimum Gasteiger partial charge on any atom is -0.486 e. The number of aliphatic carboxylic acids is 1. The molecule has 27 heavy (non-hydrogen) atoms. The average molecular weight is 375 g/mol. The quantitative estimate of drug-likeness (QED) is 0.769. The fraction of sp³-hybridized carbons (Fsp3) is 0.400. The molecule has 1 aromatic carbocycles. The third-order valence-corrected chi connectivity index (χ3v) is 4.93. The summed E-state index contributed by atoms with van der Waals surface area (Å²) in [5.74, 6) is -0.639. The Balaban J connectivity index is 1.54. The predicted molar refractivity (Wildman–Crippen MR) is 94.9 cm³/mol. The van der Waals surface area contributed by atoms with E-state index < -0.39 is 17.3 Å². The zero-order chi connectivity index (χ0) is 19.3. The molecule has 1 fully saturated rings. The van der Waals surface area contributed by atoms with Gasteiger partial charge in [0.2, 0.25) is 0 Å². The van der Waals surface area contributed by atoms with E-state index in [-0.39, 0.29) is 24.7 Å². The Labute approximate surface area is 156 Å². The number of benzene rings is 1. The van der Waals surface area contributed by atoms with E-state index in [1.807, 2.05) is 0 Å². The van der Waals surface area contributed by atoms with E-state index in [9.17, 15) is 19.1 Å². The van der Waals surface area contributed by atoms with Crippen LogP contribution in [-0.4, -0.2) is 23.5 Å². The predicted octanol–water partition coefficient (Wildman–Crippen LogP) is 3.76. The highest BCUT2D eigenvalue weighted by Crippen LogP contribution is 2.36. The molecular weight excluding hydrogens is 353 g/mol.